The Morgan fingerprint density at radius 3 is 2.43 bits per heavy atom. The Bertz CT molecular complexity index is 442. The van der Waals surface area contributed by atoms with Gasteiger partial charge in [-0.05, 0) is 41.9 Å². The number of halogens is 2. The molecule has 0 N–H and O–H groups in total. The van der Waals surface area contributed by atoms with Gasteiger partial charge in [0.05, 0.1) is 5.69 Å². The molecule has 1 aromatic carbocycles. The highest BCUT2D eigenvalue weighted by atomic mass is 35.5. The summed E-state index contributed by atoms with van der Waals surface area (Å²) in [6, 6.07) is 7.78. The van der Waals surface area contributed by atoms with Crippen molar-refractivity contribution in [3.63, 3.8) is 0 Å². The molecule has 2 rings (SSSR count). The Hall–Kier alpha value is -1.48. The Morgan fingerprint density at radius 2 is 1.79 bits per heavy atom. The van der Waals surface area contributed by atoms with Gasteiger partial charge in [0.2, 0.25) is 5.28 Å². The van der Waals surface area contributed by atoms with Crippen LogP contribution in [0.4, 0.5) is 4.39 Å². The van der Waals surface area contributed by atoms with Gasteiger partial charge in [-0.1, -0.05) is 0 Å². The molecule has 0 unspecified atom stereocenters. The lowest BCUT2D eigenvalue weighted by Crippen LogP contribution is -1.86. The summed E-state index contributed by atoms with van der Waals surface area (Å²) in [5.41, 5.74) is 1.50. The molecule has 2 nitrogen and oxygen atoms in total. The minimum atomic E-state index is -0.270. The zero-order valence-electron chi connectivity index (χ0n) is 7.11. The molecule has 0 amide bonds. The summed E-state index contributed by atoms with van der Waals surface area (Å²) < 4.78 is 12.6. The van der Waals surface area contributed by atoms with Gasteiger partial charge < -0.3 is 0 Å². The second-order valence-electron chi connectivity index (χ2n) is 2.72. The van der Waals surface area contributed by atoms with E-state index in [0.29, 0.717) is 5.69 Å². The smallest absolute Gasteiger partial charge is 0.222 e. The number of benzene rings is 1. The first-order valence-corrected chi connectivity index (χ1v) is 4.38. The standard InChI is InChI=1S/C10H6ClFN2/c11-10-13-6-5-9(14-10)7-1-3-8(12)4-2-7/h1-6H. The van der Waals surface area contributed by atoms with Crippen molar-refractivity contribution < 1.29 is 4.39 Å². The lowest BCUT2D eigenvalue weighted by molar-refractivity contribution is 0.628. The first-order valence-electron chi connectivity index (χ1n) is 4.00. The van der Waals surface area contributed by atoms with E-state index in [1.54, 1.807) is 24.4 Å². The van der Waals surface area contributed by atoms with Crippen molar-refractivity contribution in [1.29, 1.82) is 0 Å². The van der Waals surface area contributed by atoms with E-state index in [-0.39, 0.29) is 11.1 Å². The average Bonchev–Trinajstić information content (AvgIpc) is 2.19. The molecular weight excluding hydrogens is 203 g/mol. The number of hydrogen-bond donors (Lipinski definition) is 0. The van der Waals surface area contributed by atoms with Crippen molar-refractivity contribution in [2.75, 3.05) is 0 Å². The number of hydrogen-bond acceptors (Lipinski definition) is 2. The van der Waals surface area contributed by atoms with E-state index < -0.39 is 0 Å². The Kier molecular flexibility index (Phi) is 2.41. The number of nitrogens with zero attached hydrogens (tertiary/aromatic N) is 2. The van der Waals surface area contributed by atoms with Crippen LogP contribution in [-0.4, -0.2) is 9.97 Å². The predicted molar refractivity (Wildman–Crippen MR) is 52.4 cm³/mol. The molecule has 1 aromatic heterocycles. The molecule has 0 spiro atoms. The van der Waals surface area contributed by atoms with Crippen LogP contribution in [0.1, 0.15) is 0 Å². The second kappa shape index (κ2) is 3.72. The van der Waals surface area contributed by atoms with Gasteiger partial charge in [0, 0.05) is 11.8 Å². The van der Waals surface area contributed by atoms with E-state index in [2.05, 4.69) is 9.97 Å². The Balaban J connectivity index is 2.44. The highest BCUT2D eigenvalue weighted by Gasteiger charge is 2.00. The van der Waals surface area contributed by atoms with Crippen LogP contribution in [0.15, 0.2) is 36.5 Å². The van der Waals surface area contributed by atoms with Crippen molar-refractivity contribution in [3.8, 4) is 11.3 Å². The summed E-state index contributed by atoms with van der Waals surface area (Å²) in [6.07, 6.45) is 1.56. The maximum Gasteiger partial charge on any atom is 0.222 e. The van der Waals surface area contributed by atoms with Crippen LogP contribution >= 0.6 is 11.6 Å². The van der Waals surface area contributed by atoms with Gasteiger partial charge in [-0.25, -0.2) is 14.4 Å². The van der Waals surface area contributed by atoms with Crippen molar-refractivity contribution in [3.05, 3.63) is 47.6 Å². The summed E-state index contributed by atoms with van der Waals surface area (Å²) in [7, 11) is 0. The van der Waals surface area contributed by atoms with Crippen LogP contribution in [0.3, 0.4) is 0 Å². The molecule has 1 heterocycles. The van der Waals surface area contributed by atoms with E-state index >= 15 is 0 Å². The normalized spacial score (nSPS) is 10.1. The topological polar surface area (TPSA) is 25.8 Å². The van der Waals surface area contributed by atoms with Gasteiger partial charge in [0.15, 0.2) is 0 Å². The van der Waals surface area contributed by atoms with E-state index in [9.17, 15) is 4.39 Å². The molecule has 0 radical (unpaired) electrons. The van der Waals surface area contributed by atoms with Gasteiger partial charge in [0.25, 0.3) is 0 Å². The lowest BCUT2D eigenvalue weighted by atomic mass is 10.1. The first kappa shape index (κ1) is 9.09. The van der Waals surface area contributed by atoms with Gasteiger partial charge in [-0.15, -0.1) is 0 Å². The summed E-state index contributed by atoms with van der Waals surface area (Å²) >= 11 is 5.63. The molecule has 2 aromatic rings. The maximum absolute atomic E-state index is 12.6. The summed E-state index contributed by atoms with van der Waals surface area (Å²) in [5, 5.41) is 0.187. The molecule has 14 heavy (non-hydrogen) atoms. The van der Waals surface area contributed by atoms with Gasteiger partial charge in [0.1, 0.15) is 5.82 Å². The fourth-order valence-electron chi connectivity index (χ4n) is 1.12. The van der Waals surface area contributed by atoms with Crippen LogP contribution < -0.4 is 0 Å². The number of rotatable bonds is 1. The van der Waals surface area contributed by atoms with Gasteiger partial charge >= 0.3 is 0 Å². The zero-order valence-corrected chi connectivity index (χ0v) is 7.87. The summed E-state index contributed by atoms with van der Waals surface area (Å²) in [4.78, 5) is 7.77. The van der Waals surface area contributed by atoms with E-state index in [4.69, 9.17) is 11.6 Å². The molecule has 0 aliphatic carbocycles. The van der Waals surface area contributed by atoms with E-state index in [1.165, 1.54) is 12.1 Å². The third kappa shape index (κ3) is 1.88. The Morgan fingerprint density at radius 1 is 1.07 bits per heavy atom. The monoisotopic (exact) mass is 208 g/mol. The Labute approximate surface area is 85.4 Å². The first-order chi connectivity index (χ1) is 6.75. The molecule has 0 saturated heterocycles. The van der Waals surface area contributed by atoms with Crippen molar-refractivity contribution in [1.82, 2.24) is 9.97 Å². The molecule has 0 saturated carbocycles. The molecule has 4 heteroatoms. The zero-order chi connectivity index (χ0) is 9.97. The van der Waals surface area contributed by atoms with Crippen LogP contribution in [0.2, 0.25) is 5.28 Å². The van der Waals surface area contributed by atoms with Crippen LogP contribution in [-0.2, 0) is 0 Å². The van der Waals surface area contributed by atoms with Crippen molar-refractivity contribution in [2.24, 2.45) is 0 Å². The van der Waals surface area contributed by atoms with Crippen molar-refractivity contribution in [2.45, 2.75) is 0 Å². The van der Waals surface area contributed by atoms with Gasteiger partial charge in [-0.3, -0.25) is 0 Å². The fourth-order valence-corrected chi connectivity index (χ4v) is 1.26. The fraction of sp³-hybridized carbons (Fsp3) is 0. The van der Waals surface area contributed by atoms with E-state index in [1.807, 2.05) is 0 Å². The molecule has 70 valence electrons. The third-order valence-corrected chi connectivity index (χ3v) is 1.95. The molecule has 0 aliphatic rings. The quantitative estimate of drug-likeness (QED) is 0.674. The van der Waals surface area contributed by atoms with Crippen molar-refractivity contribution >= 4 is 11.6 Å². The van der Waals surface area contributed by atoms with Gasteiger partial charge in [-0.2, -0.15) is 0 Å². The highest BCUT2D eigenvalue weighted by Crippen LogP contribution is 2.17. The maximum atomic E-state index is 12.6. The molecular formula is C10H6ClFN2. The summed E-state index contributed by atoms with van der Waals surface area (Å²) in [5.74, 6) is -0.270. The SMILES string of the molecule is Fc1ccc(-c2ccnc(Cl)n2)cc1. The molecule has 0 aliphatic heterocycles. The van der Waals surface area contributed by atoms with E-state index in [0.717, 1.165) is 5.56 Å². The minimum absolute atomic E-state index is 0.187. The summed E-state index contributed by atoms with van der Waals surface area (Å²) in [6.45, 7) is 0. The molecule has 0 fully saturated rings. The minimum Gasteiger partial charge on any atom is -0.226 e. The molecule has 0 bridgehead atoms. The third-order valence-electron chi connectivity index (χ3n) is 1.77. The van der Waals surface area contributed by atoms with Crippen LogP contribution in [0.5, 0.6) is 0 Å². The second-order valence-corrected chi connectivity index (χ2v) is 3.06. The highest BCUT2D eigenvalue weighted by molar-refractivity contribution is 6.28. The average molecular weight is 209 g/mol. The number of aromatic nitrogens is 2. The largest absolute Gasteiger partial charge is 0.226 e. The van der Waals surface area contributed by atoms with Crippen LogP contribution in [0.25, 0.3) is 11.3 Å². The van der Waals surface area contributed by atoms with Crippen LogP contribution in [0, 0.1) is 5.82 Å². The predicted octanol–water partition coefficient (Wildman–Crippen LogP) is 2.94. The molecule has 0 atom stereocenters. The lowest BCUT2D eigenvalue weighted by Gasteiger charge is -1.99.